The molecule has 1 N–H and O–H groups in total. The summed E-state index contributed by atoms with van der Waals surface area (Å²) >= 11 is 1.67. The van der Waals surface area contributed by atoms with Crippen LogP contribution in [0.2, 0.25) is 0 Å². The van der Waals surface area contributed by atoms with Crippen LogP contribution >= 0.6 is 11.8 Å². The van der Waals surface area contributed by atoms with Gasteiger partial charge in [0.15, 0.2) is 0 Å². The Balaban J connectivity index is 1.71. The summed E-state index contributed by atoms with van der Waals surface area (Å²) in [6.45, 7) is 2.47. The Kier molecular flexibility index (Phi) is 5.50. The van der Waals surface area contributed by atoms with E-state index in [0.717, 1.165) is 27.6 Å². The van der Waals surface area contributed by atoms with E-state index in [-0.39, 0.29) is 5.91 Å². The third-order valence-corrected chi connectivity index (χ3v) is 4.72. The Bertz CT molecular complexity index is 861. The lowest BCUT2D eigenvalue weighted by Crippen LogP contribution is -2.23. The molecule has 0 aliphatic rings. The van der Waals surface area contributed by atoms with Gasteiger partial charge in [-0.2, -0.15) is 5.10 Å². The van der Waals surface area contributed by atoms with E-state index in [4.69, 9.17) is 0 Å². The number of hydrogen-bond donors (Lipinski definition) is 1. The highest BCUT2D eigenvalue weighted by Crippen LogP contribution is 2.22. The topological polar surface area (TPSA) is 59.8 Å². The minimum atomic E-state index is -0.0762. The number of benzene rings is 1. The van der Waals surface area contributed by atoms with Gasteiger partial charge in [0, 0.05) is 29.9 Å². The van der Waals surface area contributed by atoms with Gasteiger partial charge in [-0.25, -0.2) is 0 Å². The van der Waals surface area contributed by atoms with Gasteiger partial charge >= 0.3 is 0 Å². The highest BCUT2D eigenvalue weighted by Gasteiger charge is 2.12. The fourth-order valence-corrected chi connectivity index (χ4v) is 3.41. The average molecular weight is 352 g/mol. The van der Waals surface area contributed by atoms with Gasteiger partial charge < -0.3 is 5.32 Å². The molecule has 2 heterocycles. The number of pyridine rings is 1. The van der Waals surface area contributed by atoms with Crippen molar-refractivity contribution in [1.82, 2.24) is 20.1 Å². The molecule has 0 unspecified atom stereocenters. The minimum absolute atomic E-state index is 0.0762. The quantitative estimate of drug-likeness (QED) is 0.690. The van der Waals surface area contributed by atoms with Gasteiger partial charge in [-0.3, -0.25) is 14.5 Å². The average Bonchev–Trinajstić information content (AvgIpc) is 3.02. The van der Waals surface area contributed by atoms with Crippen molar-refractivity contribution in [3.8, 4) is 11.3 Å². The molecule has 3 aromatic rings. The van der Waals surface area contributed by atoms with Crippen LogP contribution < -0.4 is 5.32 Å². The number of carbonyl (C=O) groups is 1. The Morgan fingerprint density at radius 3 is 2.72 bits per heavy atom. The summed E-state index contributed by atoms with van der Waals surface area (Å²) in [7, 11) is 1.90. The summed E-state index contributed by atoms with van der Waals surface area (Å²) in [5, 5.41) is 7.45. The maximum Gasteiger partial charge on any atom is 0.252 e. The summed E-state index contributed by atoms with van der Waals surface area (Å²) in [6.07, 6.45) is 3.51. The third-order valence-electron chi connectivity index (χ3n) is 3.77. The molecule has 2 aromatic heterocycles. The van der Waals surface area contributed by atoms with Crippen molar-refractivity contribution in [2.24, 2.45) is 7.05 Å². The summed E-state index contributed by atoms with van der Waals surface area (Å²) in [6, 6.07) is 13.5. The molecule has 0 bridgehead atoms. The summed E-state index contributed by atoms with van der Waals surface area (Å²) in [5.41, 5.74) is 3.57. The van der Waals surface area contributed by atoms with Gasteiger partial charge in [0.2, 0.25) is 0 Å². The highest BCUT2D eigenvalue weighted by molar-refractivity contribution is 7.99. The Morgan fingerprint density at radius 1 is 1.20 bits per heavy atom. The lowest BCUT2D eigenvalue weighted by atomic mass is 10.2. The van der Waals surface area contributed by atoms with Crippen LogP contribution in [0.5, 0.6) is 0 Å². The largest absolute Gasteiger partial charge is 0.346 e. The number of nitrogens with one attached hydrogen (secondary N) is 1. The standard InChI is InChI=1S/C19H20N4OS/c1-3-25-18-7-5-4-6-16(18)19(24)21-13-15-12-17(23(2)22-15)14-8-10-20-11-9-14/h4-12H,3,13H2,1-2H3,(H,21,24). The van der Waals surface area contributed by atoms with Crippen LogP contribution in [0.25, 0.3) is 11.3 Å². The van der Waals surface area contributed by atoms with Gasteiger partial charge in [-0.05, 0) is 36.1 Å². The fourth-order valence-electron chi connectivity index (χ4n) is 2.61. The van der Waals surface area contributed by atoms with Gasteiger partial charge in [-0.1, -0.05) is 19.1 Å². The monoisotopic (exact) mass is 352 g/mol. The van der Waals surface area contributed by atoms with E-state index in [1.807, 2.05) is 54.2 Å². The molecule has 0 radical (unpaired) electrons. The van der Waals surface area contributed by atoms with E-state index in [1.54, 1.807) is 24.2 Å². The molecule has 128 valence electrons. The van der Waals surface area contributed by atoms with E-state index in [0.29, 0.717) is 12.1 Å². The molecule has 1 amide bonds. The Morgan fingerprint density at radius 2 is 1.96 bits per heavy atom. The molecular weight excluding hydrogens is 332 g/mol. The molecule has 5 nitrogen and oxygen atoms in total. The van der Waals surface area contributed by atoms with Gasteiger partial charge in [0.05, 0.1) is 23.5 Å². The SMILES string of the molecule is CCSc1ccccc1C(=O)NCc1cc(-c2ccncc2)n(C)n1. The van der Waals surface area contributed by atoms with Crippen LogP contribution in [-0.2, 0) is 13.6 Å². The zero-order chi connectivity index (χ0) is 17.6. The molecule has 3 rings (SSSR count). The maximum absolute atomic E-state index is 12.5. The van der Waals surface area contributed by atoms with Crippen LogP contribution in [0.15, 0.2) is 59.8 Å². The Labute approximate surface area is 151 Å². The zero-order valence-electron chi connectivity index (χ0n) is 14.3. The molecule has 0 saturated heterocycles. The van der Waals surface area contributed by atoms with Crippen molar-refractivity contribution < 1.29 is 4.79 Å². The van der Waals surface area contributed by atoms with Gasteiger partial charge in [0.1, 0.15) is 0 Å². The molecule has 0 aliphatic carbocycles. The number of rotatable bonds is 6. The molecule has 0 fully saturated rings. The van der Waals surface area contributed by atoms with E-state index in [9.17, 15) is 4.79 Å². The van der Waals surface area contributed by atoms with Crippen molar-refractivity contribution in [2.75, 3.05) is 5.75 Å². The van der Waals surface area contributed by atoms with E-state index < -0.39 is 0 Å². The first-order valence-electron chi connectivity index (χ1n) is 8.12. The maximum atomic E-state index is 12.5. The van der Waals surface area contributed by atoms with E-state index in [2.05, 4.69) is 22.3 Å². The lowest BCUT2D eigenvalue weighted by Gasteiger charge is -2.08. The van der Waals surface area contributed by atoms with Crippen molar-refractivity contribution >= 4 is 17.7 Å². The van der Waals surface area contributed by atoms with Crippen LogP contribution in [0, 0.1) is 0 Å². The lowest BCUT2D eigenvalue weighted by molar-refractivity contribution is 0.0947. The summed E-state index contributed by atoms with van der Waals surface area (Å²) < 4.78 is 1.82. The predicted octanol–water partition coefficient (Wildman–Crippen LogP) is 3.52. The first kappa shape index (κ1) is 17.2. The number of carbonyl (C=O) groups excluding carboxylic acids is 1. The summed E-state index contributed by atoms with van der Waals surface area (Å²) in [4.78, 5) is 17.5. The van der Waals surface area contributed by atoms with Crippen molar-refractivity contribution in [3.05, 3.63) is 66.1 Å². The van der Waals surface area contributed by atoms with E-state index in [1.165, 1.54) is 0 Å². The number of amides is 1. The number of aromatic nitrogens is 3. The number of thioether (sulfide) groups is 1. The zero-order valence-corrected chi connectivity index (χ0v) is 15.1. The minimum Gasteiger partial charge on any atom is -0.346 e. The third kappa shape index (κ3) is 4.09. The van der Waals surface area contributed by atoms with E-state index >= 15 is 0 Å². The van der Waals surface area contributed by atoms with Crippen LogP contribution in [0.1, 0.15) is 23.0 Å². The number of nitrogens with zero attached hydrogens (tertiary/aromatic N) is 3. The second-order valence-corrected chi connectivity index (χ2v) is 6.80. The molecule has 0 spiro atoms. The van der Waals surface area contributed by atoms with Gasteiger partial charge in [-0.15, -0.1) is 11.8 Å². The first-order valence-corrected chi connectivity index (χ1v) is 9.11. The molecular formula is C19H20N4OS. The van der Waals surface area contributed by atoms with Crippen LogP contribution in [0.3, 0.4) is 0 Å². The van der Waals surface area contributed by atoms with Crippen molar-refractivity contribution in [2.45, 2.75) is 18.4 Å². The van der Waals surface area contributed by atoms with Crippen molar-refractivity contribution in [3.63, 3.8) is 0 Å². The van der Waals surface area contributed by atoms with Crippen LogP contribution in [0.4, 0.5) is 0 Å². The number of aryl methyl sites for hydroxylation is 1. The highest BCUT2D eigenvalue weighted by atomic mass is 32.2. The predicted molar refractivity (Wildman–Crippen MR) is 100 cm³/mol. The molecule has 6 heteroatoms. The molecule has 1 aromatic carbocycles. The molecule has 25 heavy (non-hydrogen) atoms. The molecule has 0 saturated carbocycles. The second kappa shape index (κ2) is 7.98. The number of hydrogen-bond acceptors (Lipinski definition) is 4. The normalized spacial score (nSPS) is 10.6. The second-order valence-electron chi connectivity index (χ2n) is 5.49. The fraction of sp³-hybridized carbons (Fsp3) is 0.211. The molecule has 0 atom stereocenters. The summed E-state index contributed by atoms with van der Waals surface area (Å²) in [5.74, 6) is 0.854. The smallest absolute Gasteiger partial charge is 0.252 e. The molecule has 0 aliphatic heterocycles. The van der Waals surface area contributed by atoms with Crippen LogP contribution in [-0.4, -0.2) is 26.4 Å². The Hall–Kier alpha value is -2.60. The van der Waals surface area contributed by atoms with Gasteiger partial charge in [0.25, 0.3) is 5.91 Å². The van der Waals surface area contributed by atoms with Crippen molar-refractivity contribution in [1.29, 1.82) is 0 Å². The first-order chi connectivity index (χ1) is 12.2.